The van der Waals surface area contributed by atoms with Crippen LogP contribution in [0.15, 0.2) is 124 Å². The van der Waals surface area contributed by atoms with Crippen LogP contribution < -0.4 is 9.46 Å². The zero-order valence-corrected chi connectivity index (χ0v) is 21.0. The van der Waals surface area contributed by atoms with Crippen LogP contribution >= 0.6 is 11.8 Å². The Morgan fingerprint density at radius 1 is 0.750 bits per heavy atom. The van der Waals surface area contributed by atoms with Crippen molar-refractivity contribution in [2.24, 2.45) is 0 Å². The van der Waals surface area contributed by atoms with Gasteiger partial charge in [0.25, 0.3) is 10.0 Å². The van der Waals surface area contributed by atoms with Crippen LogP contribution in [0, 0.1) is 6.92 Å². The van der Waals surface area contributed by atoms with Crippen molar-refractivity contribution in [2.45, 2.75) is 21.6 Å². The summed E-state index contributed by atoms with van der Waals surface area (Å²) in [5, 5.41) is 12.1. The third kappa shape index (κ3) is 5.17. The minimum Gasteiger partial charge on any atom is -0.506 e. The van der Waals surface area contributed by atoms with Gasteiger partial charge in [0.2, 0.25) is 0 Å². The number of phenols is 1. The Bertz CT molecular complexity index is 1620. The lowest BCUT2D eigenvalue weighted by Gasteiger charge is -2.15. The first-order chi connectivity index (χ1) is 17.4. The zero-order valence-electron chi connectivity index (χ0n) is 19.4. The quantitative estimate of drug-likeness (QED) is 0.219. The smallest absolute Gasteiger partial charge is 0.261 e. The monoisotopic (exact) mass is 513 g/mol. The van der Waals surface area contributed by atoms with Crippen molar-refractivity contribution in [1.82, 2.24) is 0 Å². The average Bonchev–Trinajstić information content (AvgIpc) is 2.89. The molecule has 0 saturated carbocycles. The van der Waals surface area contributed by atoms with E-state index in [9.17, 15) is 13.5 Å². The van der Waals surface area contributed by atoms with Gasteiger partial charge in [0.15, 0.2) is 0 Å². The molecule has 7 heteroatoms. The van der Waals surface area contributed by atoms with Crippen molar-refractivity contribution >= 4 is 38.2 Å². The Kier molecular flexibility index (Phi) is 6.59. The van der Waals surface area contributed by atoms with Gasteiger partial charge in [-0.1, -0.05) is 71.9 Å². The van der Waals surface area contributed by atoms with E-state index in [2.05, 4.69) is 4.72 Å². The van der Waals surface area contributed by atoms with Crippen LogP contribution in [0.4, 0.5) is 5.69 Å². The van der Waals surface area contributed by atoms with Gasteiger partial charge in [-0.2, -0.15) is 0 Å². The van der Waals surface area contributed by atoms with Crippen LogP contribution in [0.25, 0.3) is 10.8 Å². The standard InChI is InChI=1S/C29H23NO4S2/c1-20-11-13-21(14-12-20)34-22-15-17-24(18-16-22)36(32,33)30-27-19-28(35-23-7-3-2-4-8-23)29(31)26-10-6-5-9-25(26)27/h2-19,30-31H,1H3. The van der Waals surface area contributed by atoms with Crippen molar-refractivity contribution < 1.29 is 18.3 Å². The lowest BCUT2D eigenvalue weighted by molar-refractivity contribution is 0.469. The van der Waals surface area contributed by atoms with Gasteiger partial charge in [-0.05, 0) is 61.5 Å². The Balaban J connectivity index is 1.44. The van der Waals surface area contributed by atoms with Gasteiger partial charge in [-0.3, -0.25) is 4.72 Å². The minimum atomic E-state index is -3.90. The molecule has 0 aliphatic heterocycles. The summed E-state index contributed by atoms with van der Waals surface area (Å²) in [5.74, 6) is 1.32. The average molecular weight is 514 g/mol. The van der Waals surface area contributed by atoms with E-state index in [4.69, 9.17) is 4.74 Å². The normalized spacial score (nSPS) is 11.4. The fourth-order valence-electron chi connectivity index (χ4n) is 3.75. The molecule has 0 aliphatic rings. The summed E-state index contributed by atoms with van der Waals surface area (Å²) in [5.41, 5.74) is 1.52. The van der Waals surface area contributed by atoms with Gasteiger partial charge in [-0.15, -0.1) is 0 Å². The highest BCUT2D eigenvalue weighted by Gasteiger charge is 2.19. The second-order valence-corrected chi connectivity index (χ2v) is 11.0. The number of aromatic hydroxyl groups is 1. The van der Waals surface area contributed by atoms with Crippen LogP contribution in [0.5, 0.6) is 17.2 Å². The summed E-state index contributed by atoms with van der Waals surface area (Å²) in [6, 6.07) is 32.3. The maximum absolute atomic E-state index is 13.3. The third-order valence-corrected chi connectivity index (χ3v) is 8.01. The lowest BCUT2D eigenvalue weighted by atomic mass is 10.1. The topological polar surface area (TPSA) is 75.6 Å². The Labute approximate surface area is 214 Å². The van der Waals surface area contributed by atoms with E-state index in [0.29, 0.717) is 32.9 Å². The molecule has 36 heavy (non-hydrogen) atoms. The third-order valence-electron chi connectivity index (χ3n) is 5.59. The first kappa shape index (κ1) is 23.8. The van der Waals surface area contributed by atoms with Crippen molar-refractivity contribution in [1.29, 1.82) is 0 Å². The SMILES string of the molecule is Cc1ccc(Oc2ccc(S(=O)(=O)Nc3cc(Sc4ccccc4)c(O)c4ccccc34)cc2)cc1. The molecular formula is C29H23NO4S2. The summed E-state index contributed by atoms with van der Waals surface area (Å²) >= 11 is 1.37. The van der Waals surface area contributed by atoms with Gasteiger partial charge in [-0.25, -0.2) is 8.42 Å². The largest absolute Gasteiger partial charge is 0.506 e. The molecule has 0 amide bonds. The van der Waals surface area contributed by atoms with Crippen LogP contribution in [0.1, 0.15) is 5.56 Å². The van der Waals surface area contributed by atoms with Crippen molar-refractivity contribution in [2.75, 3.05) is 4.72 Å². The van der Waals surface area contributed by atoms with E-state index in [-0.39, 0.29) is 10.6 Å². The van der Waals surface area contributed by atoms with Gasteiger partial charge in [0.05, 0.1) is 15.5 Å². The van der Waals surface area contributed by atoms with E-state index in [1.54, 1.807) is 36.4 Å². The predicted octanol–water partition coefficient (Wildman–Crippen LogP) is 7.60. The predicted molar refractivity (Wildman–Crippen MR) is 145 cm³/mol. The molecule has 5 aromatic rings. The number of nitrogens with one attached hydrogen (secondary N) is 1. The number of sulfonamides is 1. The molecule has 0 radical (unpaired) electrons. The Hall–Kier alpha value is -3.94. The molecule has 0 spiro atoms. The molecular weight excluding hydrogens is 490 g/mol. The number of ether oxygens (including phenoxy) is 1. The molecule has 5 rings (SSSR count). The van der Waals surface area contributed by atoms with E-state index in [1.807, 2.05) is 67.6 Å². The highest BCUT2D eigenvalue weighted by molar-refractivity contribution is 7.99. The molecule has 0 saturated heterocycles. The molecule has 0 atom stereocenters. The molecule has 0 heterocycles. The zero-order chi connectivity index (χ0) is 25.1. The number of aryl methyl sites for hydroxylation is 1. The van der Waals surface area contributed by atoms with Crippen LogP contribution in [0.2, 0.25) is 0 Å². The fraction of sp³-hybridized carbons (Fsp3) is 0.0345. The van der Waals surface area contributed by atoms with Gasteiger partial charge in [0, 0.05) is 15.7 Å². The van der Waals surface area contributed by atoms with E-state index < -0.39 is 10.0 Å². The molecule has 0 fully saturated rings. The molecule has 0 aromatic heterocycles. The second kappa shape index (κ2) is 9.97. The highest BCUT2D eigenvalue weighted by atomic mass is 32.2. The number of fused-ring (bicyclic) bond motifs is 1. The van der Waals surface area contributed by atoms with Crippen LogP contribution in [0.3, 0.4) is 0 Å². The molecule has 180 valence electrons. The van der Waals surface area contributed by atoms with E-state index >= 15 is 0 Å². The fourth-order valence-corrected chi connectivity index (χ4v) is 5.75. The first-order valence-electron chi connectivity index (χ1n) is 11.2. The molecule has 2 N–H and O–H groups in total. The molecule has 0 aliphatic carbocycles. The van der Waals surface area contributed by atoms with Gasteiger partial charge >= 0.3 is 0 Å². The maximum atomic E-state index is 13.3. The van der Waals surface area contributed by atoms with Crippen LogP contribution in [-0.2, 0) is 10.0 Å². The minimum absolute atomic E-state index is 0.105. The van der Waals surface area contributed by atoms with Gasteiger partial charge in [0.1, 0.15) is 17.2 Å². The maximum Gasteiger partial charge on any atom is 0.261 e. The van der Waals surface area contributed by atoms with Crippen molar-refractivity contribution in [3.63, 3.8) is 0 Å². The molecule has 5 nitrogen and oxygen atoms in total. The molecule has 5 aromatic carbocycles. The number of phenolic OH excluding ortho intramolecular Hbond substituents is 1. The number of hydrogen-bond donors (Lipinski definition) is 2. The molecule has 0 unspecified atom stereocenters. The number of hydrogen-bond acceptors (Lipinski definition) is 5. The summed E-state index contributed by atoms with van der Waals surface area (Å²) in [6.07, 6.45) is 0. The van der Waals surface area contributed by atoms with Crippen molar-refractivity contribution in [3.8, 4) is 17.2 Å². The summed E-state index contributed by atoms with van der Waals surface area (Å²) < 4.78 is 35.1. The van der Waals surface area contributed by atoms with Crippen molar-refractivity contribution in [3.05, 3.63) is 115 Å². The van der Waals surface area contributed by atoms with E-state index in [1.165, 1.54) is 23.9 Å². The number of anilines is 1. The number of benzene rings is 5. The second-order valence-electron chi connectivity index (χ2n) is 8.22. The Morgan fingerprint density at radius 3 is 2.00 bits per heavy atom. The summed E-state index contributed by atoms with van der Waals surface area (Å²) in [7, 11) is -3.90. The molecule has 0 bridgehead atoms. The Morgan fingerprint density at radius 2 is 1.33 bits per heavy atom. The first-order valence-corrected chi connectivity index (χ1v) is 13.5. The van der Waals surface area contributed by atoms with E-state index in [0.717, 1.165) is 10.5 Å². The van der Waals surface area contributed by atoms with Crippen LogP contribution in [-0.4, -0.2) is 13.5 Å². The van der Waals surface area contributed by atoms with Gasteiger partial charge < -0.3 is 9.84 Å². The lowest BCUT2D eigenvalue weighted by Crippen LogP contribution is -2.13. The summed E-state index contributed by atoms with van der Waals surface area (Å²) in [6.45, 7) is 2.00. The summed E-state index contributed by atoms with van der Waals surface area (Å²) in [4.78, 5) is 1.59. The number of rotatable bonds is 7. The highest BCUT2D eigenvalue weighted by Crippen LogP contribution is 2.43.